The lowest BCUT2D eigenvalue weighted by molar-refractivity contribution is 0.0812. The number of hydrogen-bond donors (Lipinski definition) is 1. The summed E-state index contributed by atoms with van der Waals surface area (Å²) in [6.07, 6.45) is -0.960. The molecule has 0 bridgehead atoms. The molecular weight excluding hydrogens is 428 g/mol. The van der Waals surface area contributed by atoms with Gasteiger partial charge in [-0.2, -0.15) is 5.26 Å². The lowest BCUT2D eigenvalue weighted by Crippen LogP contribution is -2.31. The van der Waals surface area contributed by atoms with Gasteiger partial charge in [0.25, 0.3) is 5.56 Å². The van der Waals surface area contributed by atoms with Gasteiger partial charge in [-0.1, -0.05) is 35.9 Å². The lowest BCUT2D eigenvalue weighted by atomic mass is 9.99. The molecule has 32 heavy (non-hydrogen) atoms. The quantitative estimate of drug-likeness (QED) is 0.549. The van der Waals surface area contributed by atoms with Crippen molar-refractivity contribution in [2.45, 2.75) is 40.3 Å². The van der Waals surface area contributed by atoms with E-state index in [4.69, 9.17) is 16.3 Å². The second-order valence-corrected chi connectivity index (χ2v) is 8.15. The van der Waals surface area contributed by atoms with E-state index in [-0.39, 0.29) is 23.2 Å². The monoisotopic (exact) mass is 450 g/mol. The molecule has 0 saturated heterocycles. The summed E-state index contributed by atoms with van der Waals surface area (Å²) < 4.78 is 6.82. The molecule has 0 fully saturated rings. The molecule has 1 heterocycles. The van der Waals surface area contributed by atoms with E-state index < -0.39 is 23.3 Å². The van der Waals surface area contributed by atoms with E-state index in [1.807, 2.05) is 38.1 Å². The standard InChI is InChI=1S/C25H23ClN2O4/c1-14-9-15(2)11-19(10-14)32-17(4)23(29)22-16(3)20(12-27)24(30)28(25(22)31)13-18-7-5-6-8-21(18)26/h5-11,17,31H,13H2,1-4H3. The third-order valence-corrected chi connectivity index (χ3v) is 5.58. The highest BCUT2D eigenvalue weighted by Gasteiger charge is 2.28. The molecule has 0 aliphatic carbocycles. The Bertz CT molecular complexity index is 1280. The molecule has 6 nitrogen and oxygen atoms in total. The van der Waals surface area contributed by atoms with Gasteiger partial charge in [-0.05, 0) is 68.1 Å². The van der Waals surface area contributed by atoms with E-state index in [0.29, 0.717) is 16.3 Å². The van der Waals surface area contributed by atoms with Gasteiger partial charge < -0.3 is 9.84 Å². The Labute approximate surface area is 191 Å². The van der Waals surface area contributed by atoms with E-state index in [1.165, 1.54) is 6.92 Å². The predicted octanol–water partition coefficient (Wildman–Crippen LogP) is 4.70. The maximum atomic E-state index is 13.3. The fourth-order valence-electron chi connectivity index (χ4n) is 3.65. The van der Waals surface area contributed by atoms with Crippen LogP contribution in [-0.4, -0.2) is 21.6 Å². The summed E-state index contributed by atoms with van der Waals surface area (Å²) >= 11 is 6.20. The third-order valence-electron chi connectivity index (χ3n) is 5.21. The Morgan fingerprint density at radius 2 is 1.81 bits per heavy atom. The molecule has 1 atom stereocenters. The van der Waals surface area contributed by atoms with Crippen molar-refractivity contribution in [2.75, 3.05) is 0 Å². The molecule has 164 valence electrons. The minimum absolute atomic E-state index is 0.0914. The maximum absolute atomic E-state index is 13.3. The van der Waals surface area contributed by atoms with Gasteiger partial charge in [0, 0.05) is 5.02 Å². The summed E-state index contributed by atoms with van der Waals surface area (Å²) in [5, 5.41) is 20.9. The van der Waals surface area contributed by atoms with E-state index in [2.05, 4.69) is 0 Å². The van der Waals surface area contributed by atoms with Crippen molar-refractivity contribution in [3.8, 4) is 17.7 Å². The lowest BCUT2D eigenvalue weighted by Gasteiger charge is -2.19. The van der Waals surface area contributed by atoms with Crippen molar-refractivity contribution in [2.24, 2.45) is 0 Å². The minimum Gasteiger partial charge on any atom is -0.494 e. The highest BCUT2D eigenvalue weighted by Crippen LogP contribution is 2.27. The van der Waals surface area contributed by atoms with Crippen molar-refractivity contribution in [3.63, 3.8) is 0 Å². The number of ether oxygens (including phenoxy) is 1. The van der Waals surface area contributed by atoms with Gasteiger partial charge in [0.2, 0.25) is 11.7 Å². The van der Waals surface area contributed by atoms with E-state index in [0.717, 1.165) is 15.7 Å². The molecule has 0 spiro atoms. The molecule has 1 unspecified atom stereocenters. The van der Waals surface area contributed by atoms with Crippen LogP contribution in [0.4, 0.5) is 0 Å². The zero-order valence-electron chi connectivity index (χ0n) is 18.3. The molecule has 1 aromatic heterocycles. The van der Waals surface area contributed by atoms with Crippen LogP contribution in [0.1, 0.15) is 45.1 Å². The molecule has 3 rings (SSSR count). The summed E-state index contributed by atoms with van der Waals surface area (Å²) in [5.41, 5.74) is 1.63. The third kappa shape index (κ3) is 4.53. The molecule has 1 N–H and O–H groups in total. The molecule has 3 aromatic rings. The van der Waals surface area contributed by atoms with Crippen LogP contribution in [0.2, 0.25) is 5.02 Å². The van der Waals surface area contributed by atoms with Crippen LogP contribution in [-0.2, 0) is 6.54 Å². The smallest absolute Gasteiger partial charge is 0.271 e. The number of rotatable bonds is 6. The summed E-state index contributed by atoms with van der Waals surface area (Å²) in [4.78, 5) is 26.1. The first-order valence-electron chi connectivity index (χ1n) is 10.0. The predicted molar refractivity (Wildman–Crippen MR) is 123 cm³/mol. The molecule has 0 radical (unpaired) electrons. The molecular formula is C25H23ClN2O4. The van der Waals surface area contributed by atoms with Crippen molar-refractivity contribution in [3.05, 3.63) is 91.2 Å². The zero-order valence-corrected chi connectivity index (χ0v) is 19.0. The number of pyridine rings is 1. The number of carbonyl (C=O) groups excluding carboxylic acids is 1. The zero-order chi connectivity index (χ0) is 23.6. The topological polar surface area (TPSA) is 92.3 Å². The maximum Gasteiger partial charge on any atom is 0.271 e. The average molecular weight is 451 g/mol. The first-order chi connectivity index (χ1) is 15.1. The fraction of sp³-hybridized carbons (Fsp3) is 0.240. The van der Waals surface area contributed by atoms with Crippen molar-refractivity contribution >= 4 is 17.4 Å². The normalized spacial score (nSPS) is 11.6. The Kier molecular flexibility index (Phi) is 6.71. The number of aromatic nitrogens is 1. The number of hydrogen-bond acceptors (Lipinski definition) is 5. The first kappa shape index (κ1) is 23.1. The van der Waals surface area contributed by atoms with Gasteiger partial charge in [0.1, 0.15) is 17.4 Å². The molecule has 2 aromatic carbocycles. The van der Waals surface area contributed by atoms with Crippen molar-refractivity contribution in [1.82, 2.24) is 4.57 Å². The number of benzene rings is 2. The first-order valence-corrected chi connectivity index (χ1v) is 10.4. The summed E-state index contributed by atoms with van der Waals surface area (Å²) in [6, 6.07) is 14.3. The second kappa shape index (κ2) is 9.29. The van der Waals surface area contributed by atoms with Gasteiger partial charge in [-0.3, -0.25) is 14.2 Å². The van der Waals surface area contributed by atoms with Gasteiger partial charge >= 0.3 is 0 Å². The number of aryl methyl sites for hydroxylation is 2. The van der Waals surface area contributed by atoms with Crippen molar-refractivity contribution in [1.29, 1.82) is 5.26 Å². The summed E-state index contributed by atoms with van der Waals surface area (Å²) in [5.74, 6) is -0.541. The molecule has 7 heteroatoms. The van der Waals surface area contributed by atoms with Gasteiger partial charge in [0.15, 0.2) is 6.10 Å². The van der Waals surface area contributed by atoms with Crippen LogP contribution < -0.4 is 10.3 Å². The number of ketones is 1. The van der Waals surface area contributed by atoms with Crippen molar-refractivity contribution < 1.29 is 14.6 Å². The van der Waals surface area contributed by atoms with Gasteiger partial charge in [0.05, 0.1) is 12.1 Å². The van der Waals surface area contributed by atoms with Crippen LogP contribution in [0.15, 0.2) is 47.3 Å². The largest absolute Gasteiger partial charge is 0.494 e. The molecule has 0 saturated carbocycles. The number of nitriles is 1. The Hall–Kier alpha value is -3.56. The van der Waals surface area contributed by atoms with Crippen LogP contribution in [0.25, 0.3) is 0 Å². The van der Waals surface area contributed by atoms with E-state index in [9.17, 15) is 20.0 Å². The molecule has 0 aliphatic heterocycles. The van der Waals surface area contributed by atoms with Crippen LogP contribution in [0, 0.1) is 32.1 Å². The van der Waals surface area contributed by atoms with Crippen LogP contribution in [0.5, 0.6) is 11.6 Å². The number of halogens is 1. The molecule has 0 amide bonds. The van der Waals surface area contributed by atoms with E-state index in [1.54, 1.807) is 31.2 Å². The highest BCUT2D eigenvalue weighted by molar-refractivity contribution is 6.31. The highest BCUT2D eigenvalue weighted by atomic mass is 35.5. The SMILES string of the molecule is Cc1cc(C)cc(OC(C)C(=O)c2c(C)c(C#N)c(=O)n(Cc3ccccc3Cl)c2O)c1. The fourth-order valence-corrected chi connectivity index (χ4v) is 3.85. The van der Waals surface area contributed by atoms with Gasteiger partial charge in [-0.15, -0.1) is 0 Å². The van der Waals surface area contributed by atoms with E-state index >= 15 is 0 Å². The van der Waals surface area contributed by atoms with Crippen LogP contribution >= 0.6 is 11.6 Å². The Morgan fingerprint density at radius 3 is 2.41 bits per heavy atom. The number of aromatic hydroxyl groups is 1. The number of Topliss-reactive ketones (excluding diaryl/α,β-unsaturated/α-hetero) is 1. The summed E-state index contributed by atoms with van der Waals surface area (Å²) in [6.45, 7) is 6.79. The minimum atomic E-state index is -0.960. The second-order valence-electron chi connectivity index (χ2n) is 7.74. The van der Waals surface area contributed by atoms with Crippen LogP contribution in [0.3, 0.4) is 0 Å². The summed E-state index contributed by atoms with van der Waals surface area (Å²) in [7, 11) is 0. The number of carbonyl (C=O) groups is 1. The molecule has 0 aliphatic rings. The number of nitrogens with zero attached hydrogens (tertiary/aromatic N) is 2. The average Bonchev–Trinajstić information content (AvgIpc) is 2.72. The van der Waals surface area contributed by atoms with Gasteiger partial charge in [-0.25, -0.2) is 0 Å². The Morgan fingerprint density at radius 1 is 1.19 bits per heavy atom. The Balaban J connectivity index is 2.07.